The molecule has 0 radical (unpaired) electrons. The fourth-order valence-corrected chi connectivity index (χ4v) is 3.36. The van der Waals surface area contributed by atoms with E-state index in [9.17, 15) is 22.4 Å². The summed E-state index contributed by atoms with van der Waals surface area (Å²) in [5.74, 6) is -2.19. The average Bonchev–Trinajstić information content (AvgIpc) is 2.57. The normalized spacial score (nSPS) is 12.3. The molecule has 0 aromatic heterocycles. The zero-order valence-corrected chi connectivity index (χ0v) is 14.8. The fraction of sp³-hybridized carbons (Fsp3) is 0.176. The van der Waals surface area contributed by atoms with E-state index in [0.29, 0.717) is 0 Å². The van der Waals surface area contributed by atoms with Crippen molar-refractivity contribution in [3.63, 3.8) is 0 Å². The highest BCUT2D eigenvalue weighted by Crippen LogP contribution is 2.21. The summed E-state index contributed by atoms with van der Waals surface area (Å²) >= 11 is 0. The summed E-state index contributed by atoms with van der Waals surface area (Å²) in [7, 11) is -4.00. The molecule has 0 aliphatic rings. The summed E-state index contributed by atoms with van der Waals surface area (Å²) in [6, 6.07) is 9.10. The largest absolute Gasteiger partial charge is 0.449 e. The molecule has 26 heavy (non-hydrogen) atoms. The van der Waals surface area contributed by atoms with Gasteiger partial charge in [0.2, 0.25) is 0 Å². The number of rotatable bonds is 6. The molecular weight excluding hydrogens is 363 g/mol. The van der Waals surface area contributed by atoms with Crippen molar-refractivity contribution in [1.29, 1.82) is 0 Å². The number of amides is 1. The molecule has 0 saturated carbocycles. The number of esters is 1. The van der Waals surface area contributed by atoms with Gasteiger partial charge in [-0.05, 0) is 50.2 Å². The zero-order chi connectivity index (χ0) is 19.5. The Hall–Kier alpha value is -2.94. The van der Waals surface area contributed by atoms with E-state index < -0.39 is 33.8 Å². The first kappa shape index (κ1) is 19.4. The summed E-state index contributed by atoms with van der Waals surface area (Å²) in [6.07, 6.45) is -1.09. The molecule has 1 atom stereocenters. The van der Waals surface area contributed by atoms with Gasteiger partial charge in [0.15, 0.2) is 6.10 Å². The third-order valence-electron chi connectivity index (χ3n) is 3.56. The van der Waals surface area contributed by atoms with Crippen LogP contribution in [0.5, 0.6) is 0 Å². The van der Waals surface area contributed by atoms with Gasteiger partial charge in [-0.15, -0.1) is 0 Å². The minimum atomic E-state index is -4.00. The van der Waals surface area contributed by atoms with Crippen LogP contribution in [0.15, 0.2) is 47.4 Å². The van der Waals surface area contributed by atoms with Crippen molar-refractivity contribution < 1.29 is 27.1 Å². The number of ether oxygens (including phenoxy) is 1. The topological polar surface area (TPSA) is 116 Å². The molecule has 0 saturated heterocycles. The number of hydrogen-bond donors (Lipinski definition) is 2. The SMILES string of the molecule is Cc1c(F)cccc1S(=O)(=O)Nc1ccc(C(=O)O[C@@H](C)C(N)=O)cc1. The van der Waals surface area contributed by atoms with Gasteiger partial charge in [-0.3, -0.25) is 9.52 Å². The second kappa shape index (κ2) is 7.52. The van der Waals surface area contributed by atoms with Crippen LogP contribution in [0.2, 0.25) is 0 Å². The number of benzene rings is 2. The van der Waals surface area contributed by atoms with Crippen LogP contribution in [0.4, 0.5) is 10.1 Å². The molecule has 0 bridgehead atoms. The van der Waals surface area contributed by atoms with Gasteiger partial charge >= 0.3 is 5.97 Å². The lowest BCUT2D eigenvalue weighted by atomic mass is 10.2. The molecule has 2 aromatic rings. The molecule has 0 aliphatic heterocycles. The number of nitrogens with one attached hydrogen (secondary N) is 1. The number of hydrogen-bond acceptors (Lipinski definition) is 5. The Labute approximate surface area is 150 Å². The lowest BCUT2D eigenvalue weighted by Gasteiger charge is -2.12. The smallest absolute Gasteiger partial charge is 0.338 e. The molecule has 0 heterocycles. The molecule has 138 valence electrons. The Bertz CT molecular complexity index is 942. The Balaban J connectivity index is 2.17. The average molecular weight is 380 g/mol. The van der Waals surface area contributed by atoms with Crippen LogP contribution in [0.3, 0.4) is 0 Å². The van der Waals surface area contributed by atoms with Gasteiger partial charge in [0, 0.05) is 11.3 Å². The highest BCUT2D eigenvalue weighted by molar-refractivity contribution is 7.92. The maximum Gasteiger partial charge on any atom is 0.338 e. The second-order valence-corrected chi connectivity index (χ2v) is 7.15. The molecule has 2 rings (SSSR count). The van der Waals surface area contributed by atoms with Crippen molar-refractivity contribution in [2.75, 3.05) is 4.72 Å². The Morgan fingerprint density at radius 1 is 1.15 bits per heavy atom. The summed E-state index contributed by atoms with van der Waals surface area (Å²) in [5, 5.41) is 0. The summed E-state index contributed by atoms with van der Waals surface area (Å²) in [6.45, 7) is 2.70. The van der Waals surface area contributed by atoms with Crippen molar-refractivity contribution in [3.05, 3.63) is 59.4 Å². The maximum absolute atomic E-state index is 13.6. The van der Waals surface area contributed by atoms with Crippen molar-refractivity contribution >= 4 is 27.6 Å². The molecule has 0 fully saturated rings. The quantitative estimate of drug-likeness (QED) is 0.744. The highest BCUT2D eigenvalue weighted by atomic mass is 32.2. The van der Waals surface area contributed by atoms with E-state index in [4.69, 9.17) is 10.5 Å². The summed E-state index contributed by atoms with van der Waals surface area (Å²) in [4.78, 5) is 22.6. The number of sulfonamides is 1. The van der Waals surface area contributed by atoms with Gasteiger partial charge in [0.05, 0.1) is 10.5 Å². The first-order valence-corrected chi connectivity index (χ1v) is 8.98. The van der Waals surface area contributed by atoms with Gasteiger partial charge < -0.3 is 10.5 Å². The van der Waals surface area contributed by atoms with E-state index >= 15 is 0 Å². The van der Waals surface area contributed by atoms with Crippen LogP contribution in [0.1, 0.15) is 22.8 Å². The third-order valence-corrected chi connectivity index (χ3v) is 5.09. The zero-order valence-electron chi connectivity index (χ0n) is 14.0. The van der Waals surface area contributed by atoms with E-state index in [0.717, 1.165) is 0 Å². The third kappa shape index (κ3) is 4.37. The number of halogens is 1. The van der Waals surface area contributed by atoms with E-state index in [1.165, 1.54) is 56.3 Å². The van der Waals surface area contributed by atoms with Crippen molar-refractivity contribution in [2.24, 2.45) is 5.73 Å². The monoisotopic (exact) mass is 380 g/mol. The lowest BCUT2D eigenvalue weighted by Crippen LogP contribution is -2.30. The van der Waals surface area contributed by atoms with E-state index in [2.05, 4.69) is 4.72 Å². The first-order chi connectivity index (χ1) is 12.1. The van der Waals surface area contributed by atoms with Crippen molar-refractivity contribution in [2.45, 2.75) is 24.8 Å². The number of carbonyl (C=O) groups is 2. The number of nitrogens with two attached hydrogens (primary N) is 1. The molecule has 0 spiro atoms. The van der Waals surface area contributed by atoms with Crippen molar-refractivity contribution in [3.8, 4) is 0 Å². The second-order valence-electron chi connectivity index (χ2n) is 5.50. The molecule has 0 aliphatic carbocycles. The van der Waals surface area contributed by atoms with Crippen molar-refractivity contribution in [1.82, 2.24) is 0 Å². The standard InChI is InChI=1S/C17H17FN2O5S/c1-10-14(18)4-3-5-15(10)26(23,24)20-13-8-6-12(7-9-13)17(22)25-11(2)16(19)21/h3-9,11,20H,1-2H3,(H2,19,21)/t11-/m0/s1. The Morgan fingerprint density at radius 2 is 1.77 bits per heavy atom. The Morgan fingerprint density at radius 3 is 2.35 bits per heavy atom. The predicted octanol–water partition coefficient (Wildman–Crippen LogP) is 1.97. The lowest BCUT2D eigenvalue weighted by molar-refractivity contribution is -0.125. The van der Waals surface area contributed by atoms with Gasteiger partial charge in [0.25, 0.3) is 15.9 Å². The highest BCUT2D eigenvalue weighted by Gasteiger charge is 2.20. The van der Waals surface area contributed by atoms with Gasteiger partial charge in [-0.1, -0.05) is 6.07 Å². The molecule has 7 nitrogen and oxygen atoms in total. The van der Waals surface area contributed by atoms with Crippen LogP contribution < -0.4 is 10.5 Å². The number of carbonyl (C=O) groups excluding carboxylic acids is 2. The number of anilines is 1. The van der Waals surface area contributed by atoms with Crippen LogP contribution >= 0.6 is 0 Å². The predicted molar refractivity (Wildman–Crippen MR) is 92.5 cm³/mol. The summed E-state index contributed by atoms with van der Waals surface area (Å²) < 4.78 is 45.5. The maximum atomic E-state index is 13.6. The molecule has 1 amide bonds. The van der Waals surface area contributed by atoms with Crippen LogP contribution in [0.25, 0.3) is 0 Å². The van der Waals surface area contributed by atoms with E-state index in [1.54, 1.807) is 0 Å². The molecule has 0 unspecified atom stereocenters. The van der Waals surface area contributed by atoms with Crippen LogP contribution in [0, 0.1) is 12.7 Å². The minimum Gasteiger partial charge on any atom is -0.449 e. The molecule has 3 N–H and O–H groups in total. The first-order valence-electron chi connectivity index (χ1n) is 7.50. The molecule has 9 heteroatoms. The van der Waals surface area contributed by atoms with Gasteiger partial charge in [-0.25, -0.2) is 17.6 Å². The van der Waals surface area contributed by atoms with Gasteiger partial charge in [-0.2, -0.15) is 0 Å². The Kier molecular flexibility index (Phi) is 5.61. The minimum absolute atomic E-state index is 0.000590. The van der Waals surface area contributed by atoms with E-state index in [-0.39, 0.29) is 21.7 Å². The number of primary amides is 1. The summed E-state index contributed by atoms with van der Waals surface area (Å²) in [5.41, 5.74) is 5.30. The molecule has 2 aromatic carbocycles. The van der Waals surface area contributed by atoms with Crippen LogP contribution in [-0.4, -0.2) is 26.4 Å². The molecular formula is C17H17FN2O5S. The van der Waals surface area contributed by atoms with Crippen LogP contribution in [-0.2, 0) is 19.6 Å². The van der Waals surface area contributed by atoms with Gasteiger partial charge in [0.1, 0.15) is 5.82 Å². The van der Waals surface area contributed by atoms with E-state index in [1.807, 2.05) is 0 Å². The fourth-order valence-electron chi connectivity index (χ4n) is 2.05.